The molecule has 2 rings (SSSR count). The Labute approximate surface area is 127 Å². The molecule has 0 radical (unpaired) electrons. The zero-order valence-corrected chi connectivity index (χ0v) is 12.5. The van der Waals surface area contributed by atoms with Crippen LogP contribution in [0.3, 0.4) is 0 Å². The van der Waals surface area contributed by atoms with Crippen LogP contribution in [-0.2, 0) is 0 Å². The van der Waals surface area contributed by atoms with Crippen LogP contribution >= 0.6 is 39.1 Å². The number of carbonyl (C=O) groups excluding carboxylic acids is 1. The van der Waals surface area contributed by atoms with E-state index < -0.39 is 11.7 Å². The molecule has 2 nitrogen and oxygen atoms in total. The first-order valence-electron chi connectivity index (χ1n) is 5.19. The van der Waals surface area contributed by atoms with Crippen LogP contribution in [0.5, 0.6) is 0 Å². The van der Waals surface area contributed by atoms with Crippen LogP contribution in [0.15, 0.2) is 40.9 Å². The molecule has 1 amide bonds. The molecule has 0 atom stereocenters. The Morgan fingerprint density at radius 3 is 2.58 bits per heavy atom. The molecule has 2 aromatic carbocycles. The number of nitrogens with one attached hydrogen (secondary N) is 1. The van der Waals surface area contributed by atoms with Gasteiger partial charge in [-0.1, -0.05) is 39.1 Å². The number of carbonyl (C=O) groups is 1. The number of rotatable bonds is 2. The van der Waals surface area contributed by atoms with E-state index >= 15 is 0 Å². The second-order valence-corrected chi connectivity index (χ2v) is 5.46. The van der Waals surface area contributed by atoms with Gasteiger partial charge in [-0.3, -0.25) is 4.79 Å². The van der Waals surface area contributed by atoms with Crippen molar-refractivity contribution in [3.05, 3.63) is 62.3 Å². The summed E-state index contributed by atoms with van der Waals surface area (Å²) in [6.45, 7) is 0. The largest absolute Gasteiger partial charge is 0.319 e. The van der Waals surface area contributed by atoms with Gasteiger partial charge in [0, 0.05) is 9.50 Å². The van der Waals surface area contributed by atoms with Gasteiger partial charge in [0.05, 0.1) is 16.3 Å². The van der Waals surface area contributed by atoms with Crippen molar-refractivity contribution in [1.29, 1.82) is 0 Å². The molecule has 0 heterocycles. The summed E-state index contributed by atoms with van der Waals surface area (Å²) >= 11 is 14.8. The Hall–Kier alpha value is -1.10. The van der Waals surface area contributed by atoms with E-state index in [0.29, 0.717) is 9.50 Å². The third-order valence-electron chi connectivity index (χ3n) is 2.35. The normalized spacial score (nSPS) is 10.3. The number of hydrogen-bond donors (Lipinski definition) is 1. The van der Waals surface area contributed by atoms with Crippen LogP contribution in [-0.4, -0.2) is 5.91 Å². The highest BCUT2D eigenvalue weighted by Crippen LogP contribution is 2.24. The monoisotopic (exact) mass is 361 g/mol. The zero-order valence-electron chi connectivity index (χ0n) is 9.38. The van der Waals surface area contributed by atoms with Crippen molar-refractivity contribution in [1.82, 2.24) is 0 Å². The first kappa shape index (κ1) is 14.3. The standard InChI is InChI=1S/C13H7BrCl2FNO/c14-7-1-4-12(11(17)5-7)18-13(19)9-6-8(15)2-3-10(9)16/h1-6H,(H,18,19). The fourth-order valence-corrected chi connectivity index (χ4v) is 2.16. The molecule has 19 heavy (non-hydrogen) atoms. The summed E-state index contributed by atoms with van der Waals surface area (Å²) in [6, 6.07) is 8.84. The van der Waals surface area contributed by atoms with E-state index in [9.17, 15) is 9.18 Å². The molecule has 0 unspecified atom stereocenters. The maximum Gasteiger partial charge on any atom is 0.257 e. The van der Waals surface area contributed by atoms with Gasteiger partial charge in [0.2, 0.25) is 0 Å². The third-order valence-corrected chi connectivity index (χ3v) is 3.41. The fraction of sp³-hybridized carbons (Fsp3) is 0. The lowest BCUT2D eigenvalue weighted by Gasteiger charge is -2.08. The second-order valence-electron chi connectivity index (χ2n) is 3.70. The molecule has 0 aliphatic heterocycles. The zero-order chi connectivity index (χ0) is 14.0. The van der Waals surface area contributed by atoms with Crippen LogP contribution in [0.1, 0.15) is 10.4 Å². The molecule has 0 aromatic heterocycles. The number of halogens is 4. The average Bonchev–Trinajstić information content (AvgIpc) is 2.35. The molecule has 0 bridgehead atoms. The third kappa shape index (κ3) is 3.47. The van der Waals surface area contributed by atoms with Crippen molar-refractivity contribution < 1.29 is 9.18 Å². The Bertz CT molecular complexity index is 649. The summed E-state index contributed by atoms with van der Waals surface area (Å²) in [4.78, 5) is 12.0. The molecule has 1 N–H and O–H groups in total. The average molecular weight is 363 g/mol. The molecule has 0 saturated heterocycles. The van der Waals surface area contributed by atoms with Gasteiger partial charge in [-0.05, 0) is 36.4 Å². The van der Waals surface area contributed by atoms with Crippen molar-refractivity contribution in [3.8, 4) is 0 Å². The second kappa shape index (κ2) is 5.90. The highest BCUT2D eigenvalue weighted by atomic mass is 79.9. The Kier molecular flexibility index (Phi) is 4.45. The van der Waals surface area contributed by atoms with Gasteiger partial charge in [0.1, 0.15) is 5.82 Å². The van der Waals surface area contributed by atoms with Gasteiger partial charge >= 0.3 is 0 Å². The Morgan fingerprint density at radius 2 is 1.89 bits per heavy atom. The smallest absolute Gasteiger partial charge is 0.257 e. The number of anilines is 1. The van der Waals surface area contributed by atoms with E-state index in [1.807, 2.05) is 0 Å². The molecule has 0 spiro atoms. The molecular weight excluding hydrogens is 356 g/mol. The van der Waals surface area contributed by atoms with E-state index in [1.165, 1.54) is 24.3 Å². The lowest BCUT2D eigenvalue weighted by molar-refractivity contribution is 0.102. The van der Waals surface area contributed by atoms with Crippen LogP contribution in [0.25, 0.3) is 0 Å². The summed E-state index contributed by atoms with van der Waals surface area (Å²) in [5, 5.41) is 3.07. The van der Waals surface area contributed by atoms with Gasteiger partial charge in [-0.2, -0.15) is 0 Å². The summed E-state index contributed by atoms with van der Waals surface area (Å²) in [5.74, 6) is -1.06. The molecule has 0 aliphatic rings. The minimum Gasteiger partial charge on any atom is -0.319 e. The minimum atomic E-state index is -0.541. The maximum atomic E-state index is 13.6. The van der Waals surface area contributed by atoms with Crippen LogP contribution < -0.4 is 5.32 Å². The van der Waals surface area contributed by atoms with Crippen molar-refractivity contribution >= 4 is 50.7 Å². The Balaban J connectivity index is 2.28. The summed E-state index contributed by atoms with van der Waals surface area (Å²) in [7, 11) is 0. The lowest BCUT2D eigenvalue weighted by Crippen LogP contribution is -2.13. The maximum absolute atomic E-state index is 13.6. The number of benzene rings is 2. The van der Waals surface area contributed by atoms with E-state index in [-0.39, 0.29) is 16.3 Å². The Morgan fingerprint density at radius 1 is 1.16 bits per heavy atom. The first-order valence-corrected chi connectivity index (χ1v) is 6.74. The summed E-state index contributed by atoms with van der Waals surface area (Å²) in [5.41, 5.74) is 0.265. The van der Waals surface area contributed by atoms with Crippen LogP contribution in [0.4, 0.5) is 10.1 Å². The molecule has 2 aromatic rings. The molecule has 0 saturated carbocycles. The summed E-state index contributed by atoms with van der Waals surface area (Å²) < 4.78 is 14.2. The SMILES string of the molecule is O=C(Nc1ccc(Br)cc1F)c1cc(Cl)ccc1Cl. The van der Waals surface area contributed by atoms with Gasteiger partial charge in [-0.25, -0.2) is 4.39 Å². The number of hydrogen-bond acceptors (Lipinski definition) is 1. The van der Waals surface area contributed by atoms with Crippen LogP contribution in [0, 0.1) is 5.82 Å². The molecule has 98 valence electrons. The van der Waals surface area contributed by atoms with E-state index in [1.54, 1.807) is 12.1 Å². The highest BCUT2D eigenvalue weighted by Gasteiger charge is 2.13. The van der Waals surface area contributed by atoms with Crippen molar-refractivity contribution in [3.63, 3.8) is 0 Å². The van der Waals surface area contributed by atoms with Crippen molar-refractivity contribution in [2.45, 2.75) is 0 Å². The molecule has 0 fully saturated rings. The van der Waals surface area contributed by atoms with Gasteiger partial charge in [-0.15, -0.1) is 0 Å². The van der Waals surface area contributed by atoms with Gasteiger partial charge in [0.25, 0.3) is 5.91 Å². The number of amides is 1. The van der Waals surface area contributed by atoms with Crippen molar-refractivity contribution in [2.24, 2.45) is 0 Å². The first-order chi connectivity index (χ1) is 8.97. The molecule has 6 heteroatoms. The fourth-order valence-electron chi connectivity index (χ4n) is 1.45. The van der Waals surface area contributed by atoms with E-state index in [2.05, 4.69) is 21.2 Å². The van der Waals surface area contributed by atoms with Crippen LogP contribution in [0.2, 0.25) is 10.0 Å². The quantitative estimate of drug-likeness (QED) is 0.786. The highest BCUT2D eigenvalue weighted by molar-refractivity contribution is 9.10. The lowest BCUT2D eigenvalue weighted by atomic mass is 10.2. The predicted octanol–water partition coefficient (Wildman–Crippen LogP) is 5.15. The predicted molar refractivity (Wildman–Crippen MR) is 78.5 cm³/mol. The molecule has 0 aliphatic carbocycles. The summed E-state index contributed by atoms with van der Waals surface area (Å²) in [6.07, 6.45) is 0. The van der Waals surface area contributed by atoms with Gasteiger partial charge < -0.3 is 5.32 Å². The van der Waals surface area contributed by atoms with E-state index in [0.717, 1.165) is 0 Å². The minimum absolute atomic E-state index is 0.0734. The van der Waals surface area contributed by atoms with Crippen molar-refractivity contribution in [2.75, 3.05) is 5.32 Å². The van der Waals surface area contributed by atoms with E-state index in [4.69, 9.17) is 23.2 Å². The molecular formula is C13H7BrCl2FNO. The van der Waals surface area contributed by atoms with Gasteiger partial charge in [0.15, 0.2) is 0 Å². The topological polar surface area (TPSA) is 29.1 Å².